The molecule has 0 fully saturated rings. The van der Waals surface area contributed by atoms with E-state index in [-0.39, 0.29) is 5.91 Å². The van der Waals surface area contributed by atoms with Gasteiger partial charge >= 0.3 is 0 Å². The molecule has 0 saturated carbocycles. The average Bonchev–Trinajstić information content (AvgIpc) is 2.52. The van der Waals surface area contributed by atoms with Crippen LogP contribution in [0, 0.1) is 0 Å². The van der Waals surface area contributed by atoms with Gasteiger partial charge in [0.1, 0.15) is 5.03 Å². The van der Waals surface area contributed by atoms with Gasteiger partial charge in [0.2, 0.25) is 5.91 Å². The van der Waals surface area contributed by atoms with Crippen molar-refractivity contribution in [2.75, 3.05) is 12.3 Å². The van der Waals surface area contributed by atoms with Crippen LogP contribution in [0.5, 0.6) is 0 Å². The van der Waals surface area contributed by atoms with Gasteiger partial charge in [0.05, 0.1) is 11.9 Å². The Balaban J connectivity index is 1.80. The molecule has 0 aliphatic rings. The number of fused-ring (bicyclic) bond motifs is 1. The highest BCUT2D eigenvalue weighted by Gasteiger charge is 2.07. The molecule has 0 aliphatic carbocycles. The molecule has 21 heavy (non-hydrogen) atoms. The first-order chi connectivity index (χ1) is 10.3. The summed E-state index contributed by atoms with van der Waals surface area (Å²) in [4.78, 5) is 11.8. The van der Waals surface area contributed by atoms with Crippen molar-refractivity contribution in [1.29, 1.82) is 0 Å². The van der Waals surface area contributed by atoms with E-state index in [0.29, 0.717) is 5.75 Å². The Kier molecular flexibility index (Phi) is 6.47. The first-order valence-electron chi connectivity index (χ1n) is 7.41. The zero-order valence-corrected chi connectivity index (χ0v) is 13.2. The number of benzene rings is 1. The van der Waals surface area contributed by atoms with Crippen LogP contribution in [-0.4, -0.2) is 28.4 Å². The predicted molar refractivity (Wildman–Crippen MR) is 87.4 cm³/mol. The van der Waals surface area contributed by atoms with Crippen LogP contribution in [-0.2, 0) is 4.79 Å². The largest absolute Gasteiger partial charge is 0.355 e. The van der Waals surface area contributed by atoms with Crippen molar-refractivity contribution >= 4 is 28.4 Å². The minimum Gasteiger partial charge on any atom is -0.355 e. The third-order valence-electron chi connectivity index (χ3n) is 3.23. The molecule has 1 heterocycles. The summed E-state index contributed by atoms with van der Waals surface area (Å²) < 4.78 is 0. The molecule has 1 aromatic carbocycles. The third kappa shape index (κ3) is 5.01. The van der Waals surface area contributed by atoms with Crippen molar-refractivity contribution in [2.24, 2.45) is 0 Å². The van der Waals surface area contributed by atoms with Gasteiger partial charge in [0.25, 0.3) is 0 Å². The van der Waals surface area contributed by atoms with Crippen LogP contribution in [0.1, 0.15) is 32.6 Å². The minimum atomic E-state index is 0.0613. The molecule has 0 saturated heterocycles. The van der Waals surface area contributed by atoms with Crippen molar-refractivity contribution in [2.45, 2.75) is 37.6 Å². The summed E-state index contributed by atoms with van der Waals surface area (Å²) in [6, 6.07) is 7.96. The Bertz CT molecular complexity index is 583. The Labute approximate surface area is 129 Å². The maximum absolute atomic E-state index is 11.8. The summed E-state index contributed by atoms with van der Waals surface area (Å²) in [5, 5.41) is 14.0. The zero-order valence-electron chi connectivity index (χ0n) is 12.3. The van der Waals surface area contributed by atoms with Crippen LogP contribution < -0.4 is 5.32 Å². The first kappa shape index (κ1) is 15.8. The van der Waals surface area contributed by atoms with Crippen molar-refractivity contribution in [1.82, 2.24) is 15.5 Å². The highest BCUT2D eigenvalue weighted by Crippen LogP contribution is 2.24. The van der Waals surface area contributed by atoms with E-state index in [9.17, 15) is 4.79 Å². The number of nitrogens with one attached hydrogen (secondary N) is 1. The molecule has 0 atom stereocenters. The fourth-order valence-corrected chi connectivity index (χ4v) is 2.89. The van der Waals surface area contributed by atoms with Crippen LogP contribution in [0.3, 0.4) is 0 Å². The molecule has 1 aromatic heterocycles. The smallest absolute Gasteiger partial charge is 0.230 e. The lowest BCUT2D eigenvalue weighted by Crippen LogP contribution is -2.26. The van der Waals surface area contributed by atoms with Crippen LogP contribution in [0.15, 0.2) is 35.5 Å². The summed E-state index contributed by atoms with van der Waals surface area (Å²) in [6.45, 7) is 2.95. The molecule has 2 aromatic rings. The lowest BCUT2D eigenvalue weighted by Gasteiger charge is -2.06. The number of rotatable bonds is 8. The molecule has 0 spiro atoms. The molecule has 0 unspecified atom stereocenters. The summed E-state index contributed by atoms with van der Waals surface area (Å²) >= 11 is 1.44. The molecular weight excluding hydrogens is 282 g/mol. The van der Waals surface area contributed by atoms with Crippen molar-refractivity contribution in [3.63, 3.8) is 0 Å². The van der Waals surface area contributed by atoms with Crippen molar-refractivity contribution in [3.8, 4) is 0 Å². The number of carbonyl (C=O) groups excluding carboxylic acids is 1. The molecule has 4 nitrogen and oxygen atoms in total. The van der Waals surface area contributed by atoms with E-state index in [0.717, 1.165) is 28.8 Å². The molecule has 1 amide bonds. The van der Waals surface area contributed by atoms with E-state index in [1.165, 1.54) is 31.0 Å². The second kappa shape index (κ2) is 8.62. The third-order valence-corrected chi connectivity index (χ3v) is 4.21. The average molecular weight is 303 g/mol. The predicted octanol–water partition coefficient (Wildman–Crippen LogP) is 3.42. The Morgan fingerprint density at radius 3 is 2.95 bits per heavy atom. The molecule has 0 bridgehead atoms. The highest BCUT2D eigenvalue weighted by atomic mass is 32.2. The van der Waals surface area contributed by atoms with Gasteiger partial charge in [-0.05, 0) is 6.42 Å². The summed E-state index contributed by atoms with van der Waals surface area (Å²) in [5.41, 5.74) is 0. The normalized spacial score (nSPS) is 10.7. The highest BCUT2D eigenvalue weighted by molar-refractivity contribution is 8.00. The summed E-state index contributed by atoms with van der Waals surface area (Å²) in [6.07, 6.45) is 6.42. The molecule has 0 radical (unpaired) electrons. The van der Waals surface area contributed by atoms with Gasteiger partial charge in [-0.1, -0.05) is 62.2 Å². The second-order valence-corrected chi connectivity index (χ2v) is 5.90. The van der Waals surface area contributed by atoms with Crippen LogP contribution in [0.25, 0.3) is 10.8 Å². The van der Waals surface area contributed by atoms with Crippen LogP contribution in [0.4, 0.5) is 0 Å². The molecule has 1 N–H and O–H groups in total. The van der Waals surface area contributed by atoms with E-state index in [4.69, 9.17) is 0 Å². The summed E-state index contributed by atoms with van der Waals surface area (Å²) in [5.74, 6) is 0.447. The number of carbonyl (C=O) groups is 1. The van der Waals surface area contributed by atoms with E-state index in [2.05, 4.69) is 22.4 Å². The number of nitrogens with zero attached hydrogens (tertiary/aromatic N) is 2. The zero-order chi connectivity index (χ0) is 14.9. The monoisotopic (exact) mass is 303 g/mol. The van der Waals surface area contributed by atoms with Gasteiger partial charge in [-0.3, -0.25) is 4.79 Å². The Morgan fingerprint density at radius 1 is 1.24 bits per heavy atom. The molecule has 112 valence electrons. The Hall–Kier alpha value is -1.62. The maximum atomic E-state index is 11.8. The van der Waals surface area contributed by atoms with Gasteiger partial charge in [-0.25, -0.2) is 0 Å². The van der Waals surface area contributed by atoms with Gasteiger partial charge < -0.3 is 5.32 Å². The van der Waals surface area contributed by atoms with E-state index in [1.54, 1.807) is 6.20 Å². The number of thioether (sulfide) groups is 1. The number of aromatic nitrogens is 2. The molecular formula is C16H21N3OS. The number of hydrogen-bond acceptors (Lipinski definition) is 4. The van der Waals surface area contributed by atoms with Crippen LogP contribution in [0.2, 0.25) is 0 Å². The number of unbranched alkanes of at least 4 members (excludes halogenated alkanes) is 3. The van der Waals surface area contributed by atoms with E-state index >= 15 is 0 Å². The quantitative estimate of drug-likeness (QED) is 0.600. The van der Waals surface area contributed by atoms with Gasteiger partial charge in [-0.15, -0.1) is 5.10 Å². The fraction of sp³-hybridized carbons (Fsp3) is 0.438. The van der Waals surface area contributed by atoms with Gasteiger partial charge in [-0.2, -0.15) is 5.10 Å². The van der Waals surface area contributed by atoms with Gasteiger partial charge in [0, 0.05) is 17.3 Å². The summed E-state index contributed by atoms with van der Waals surface area (Å²) in [7, 11) is 0. The topological polar surface area (TPSA) is 54.9 Å². The lowest BCUT2D eigenvalue weighted by molar-refractivity contribution is -0.118. The maximum Gasteiger partial charge on any atom is 0.230 e. The van der Waals surface area contributed by atoms with Crippen molar-refractivity contribution in [3.05, 3.63) is 30.5 Å². The van der Waals surface area contributed by atoms with Gasteiger partial charge in [0.15, 0.2) is 0 Å². The lowest BCUT2D eigenvalue weighted by atomic mass is 10.2. The van der Waals surface area contributed by atoms with E-state index in [1.807, 2.05) is 24.3 Å². The van der Waals surface area contributed by atoms with E-state index < -0.39 is 0 Å². The SMILES string of the molecule is CCCCCCNC(=O)CSc1nncc2ccccc12. The first-order valence-corrected chi connectivity index (χ1v) is 8.39. The number of amides is 1. The second-order valence-electron chi connectivity index (χ2n) is 4.94. The number of hydrogen-bond donors (Lipinski definition) is 1. The molecule has 2 rings (SSSR count). The Morgan fingerprint density at radius 2 is 2.10 bits per heavy atom. The van der Waals surface area contributed by atoms with Crippen molar-refractivity contribution < 1.29 is 4.79 Å². The molecule has 5 heteroatoms. The minimum absolute atomic E-state index is 0.0613. The van der Waals surface area contributed by atoms with Crippen LogP contribution >= 0.6 is 11.8 Å². The standard InChI is InChI=1S/C16H21N3OS/c1-2-3-4-7-10-17-15(20)12-21-16-14-9-6-5-8-13(14)11-18-19-16/h5-6,8-9,11H,2-4,7,10,12H2,1H3,(H,17,20). The fourth-order valence-electron chi connectivity index (χ4n) is 2.07. The molecule has 0 aliphatic heterocycles.